The molecule has 0 aliphatic heterocycles. The van der Waals surface area contributed by atoms with Crippen LogP contribution in [0.15, 0.2) is 18.2 Å². The molecule has 0 aliphatic carbocycles. The van der Waals surface area contributed by atoms with Crippen LogP contribution in [0.25, 0.3) is 0 Å². The second kappa shape index (κ2) is 5.58. The quantitative estimate of drug-likeness (QED) is 0.841. The van der Waals surface area contributed by atoms with Gasteiger partial charge in [0, 0.05) is 18.1 Å². The molecule has 0 spiro atoms. The molecular formula is C12H15F2NO. The predicted molar refractivity (Wildman–Crippen MR) is 57.8 cm³/mol. The van der Waals surface area contributed by atoms with Crippen LogP contribution in [0.4, 0.5) is 8.78 Å². The summed E-state index contributed by atoms with van der Waals surface area (Å²) < 4.78 is 26.0. The SMILES string of the molecule is CCCC(=O)NC(C)c1ccc(F)cc1F. The number of carbonyl (C=O) groups is 1. The first-order valence-electron chi connectivity index (χ1n) is 5.29. The minimum absolute atomic E-state index is 0.126. The maximum Gasteiger partial charge on any atom is 0.220 e. The molecule has 1 N–H and O–H groups in total. The Hall–Kier alpha value is -1.45. The highest BCUT2D eigenvalue weighted by Crippen LogP contribution is 2.17. The zero-order valence-electron chi connectivity index (χ0n) is 9.39. The summed E-state index contributed by atoms with van der Waals surface area (Å²) in [5, 5.41) is 2.66. The van der Waals surface area contributed by atoms with Gasteiger partial charge in [0.25, 0.3) is 0 Å². The van der Waals surface area contributed by atoms with Gasteiger partial charge in [-0.05, 0) is 19.4 Å². The minimum atomic E-state index is -0.635. The molecule has 0 saturated heterocycles. The van der Waals surface area contributed by atoms with Gasteiger partial charge in [-0.2, -0.15) is 0 Å². The lowest BCUT2D eigenvalue weighted by atomic mass is 10.1. The van der Waals surface area contributed by atoms with Gasteiger partial charge in [0.05, 0.1) is 6.04 Å². The summed E-state index contributed by atoms with van der Waals surface area (Å²) in [7, 11) is 0. The van der Waals surface area contributed by atoms with Crippen molar-refractivity contribution < 1.29 is 13.6 Å². The van der Waals surface area contributed by atoms with Gasteiger partial charge in [-0.15, -0.1) is 0 Å². The van der Waals surface area contributed by atoms with Gasteiger partial charge < -0.3 is 5.32 Å². The van der Waals surface area contributed by atoms with Crippen LogP contribution in [-0.2, 0) is 4.79 Å². The highest BCUT2D eigenvalue weighted by Gasteiger charge is 2.13. The highest BCUT2D eigenvalue weighted by atomic mass is 19.1. The molecule has 0 bridgehead atoms. The van der Waals surface area contributed by atoms with Crippen LogP contribution in [0.3, 0.4) is 0 Å². The smallest absolute Gasteiger partial charge is 0.220 e. The van der Waals surface area contributed by atoms with E-state index in [0.29, 0.717) is 12.0 Å². The largest absolute Gasteiger partial charge is 0.349 e. The Bertz CT molecular complexity index is 379. The molecule has 0 fully saturated rings. The summed E-state index contributed by atoms with van der Waals surface area (Å²) in [5.74, 6) is -1.38. The third kappa shape index (κ3) is 3.29. The number of hydrogen-bond donors (Lipinski definition) is 1. The molecule has 1 aromatic carbocycles. The van der Waals surface area contributed by atoms with Gasteiger partial charge in [0.1, 0.15) is 11.6 Å². The summed E-state index contributed by atoms with van der Waals surface area (Å²) in [6, 6.07) is 2.90. The minimum Gasteiger partial charge on any atom is -0.349 e. The Balaban J connectivity index is 2.72. The predicted octanol–water partition coefficient (Wildman–Crippen LogP) is 2.94. The van der Waals surface area contributed by atoms with Crippen LogP contribution >= 0.6 is 0 Å². The van der Waals surface area contributed by atoms with Crippen molar-refractivity contribution in [2.45, 2.75) is 32.7 Å². The molecule has 0 heterocycles. The van der Waals surface area contributed by atoms with Crippen LogP contribution < -0.4 is 5.32 Å². The number of benzene rings is 1. The van der Waals surface area contributed by atoms with Crippen molar-refractivity contribution in [1.29, 1.82) is 0 Å². The molecule has 0 saturated carbocycles. The number of nitrogens with one attached hydrogen (secondary N) is 1. The highest BCUT2D eigenvalue weighted by molar-refractivity contribution is 5.76. The van der Waals surface area contributed by atoms with Crippen molar-refractivity contribution >= 4 is 5.91 Å². The number of amides is 1. The van der Waals surface area contributed by atoms with E-state index in [0.717, 1.165) is 12.5 Å². The summed E-state index contributed by atoms with van der Waals surface area (Å²) in [6.07, 6.45) is 1.15. The summed E-state index contributed by atoms with van der Waals surface area (Å²) in [6.45, 7) is 3.56. The average Bonchev–Trinajstić information content (AvgIpc) is 2.17. The van der Waals surface area contributed by atoms with E-state index < -0.39 is 17.7 Å². The standard InChI is InChI=1S/C12H15F2NO/c1-3-4-12(16)15-8(2)10-6-5-9(13)7-11(10)14/h5-8H,3-4H2,1-2H3,(H,15,16). The van der Waals surface area contributed by atoms with Gasteiger partial charge in [-0.3, -0.25) is 4.79 Å². The monoisotopic (exact) mass is 227 g/mol. The summed E-state index contributed by atoms with van der Waals surface area (Å²) in [4.78, 5) is 11.3. The third-order valence-corrected chi connectivity index (χ3v) is 2.28. The second-order valence-corrected chi connectivity index (χ2v) is 3.71. The Morgan fingerprint density at radius 1 is 1.44 bits per heavy atom. The van der Waals surface area contributed by atoms with Crippen molar-refractivity contribution in [2.24, 2.45) is 0 Å². The van der Waals surface area contributed by atoms with Crippen LogP contribution in [-0.4, -0.2) is 5.91 Å². The van der Waals surface area contributed by atoms with E-state index in [-0.39, 0.29) is 5.91 Å². The molecule has 1 amide bonds. The van der Waals surface area contributed by atoms with Crippen molar-refractivity contribution in [2.75, 3.05) is 0 Å². The first kappa shape index (κ1) is 12.6. The van der Waals surface area contributed by atoms with Crippen LogP contribution in [0.5, 0.6) is 0 Å². The van der Waals surface area contributed by atoms with E-state index in [1.165, 1.54) is 12.1 Å². The molecule has 0 aromatic heterocycles. The lowest BCUT2D eigenvalue weighted by molar-refractivity contribution is -0.121. The maximum absolute atomic E-state index is 13.3. The third-order valence-electron chi connectivity index (χ3n) is 2.28. The maximum atomic E-state index is 13.3. The van der Waals surface area contributed by atoms with E-state index in [2.05, 4.69) is 5.32 Å². The van der Waals surface area contributed by atoms with Crippen molar-refractivity contribution in [3.8, 4) is 0 Å². The Morgan fingerprint density at radius 3 is 2.69 bits per heavy atom. The first-order chi connectivity index (χ1) is 7.54. The van der Waals surface area contributed by atoms with Crippen molar-refractivity contribution in [3.63, 3.8) is 0 Å². The molecule has 88 valence electrons. The fraction of sp³-hybridized carbons (Fsp3) is 0.417. The summed E-state index contributed by atoms with van der Waals surface area (Å²) >= 11 is 0. The van der Waals surface area contributed by atoms with Crippen molar-refractivity contribution in [3.05, 3.63) is 35.4 Å². The van der Waals surface area contributed by atoms with E-state index in [4.69, 9.17) is 0 Å². The number of carbonyl (C=O) groups excluding carboxylic acids is 1. The Kier molecular flexibility index (Phi) is 4.40. The van der Waals surface area contributed by atoms with E-state index in [1.807, 2.05) is 6.92 Å². The summed E-state index contributed by atoms with van der Waals surface area (Å²) in [5.41, 5.74) is 0.297. The van der Waals surface area contributed by atoms with E-state index >= 15 is 0 Å². The number of hydrogen-bond acceptors (Lipinski definition) is 1. The fourth-order valence-corrected chi connectivity index (χ4v) is 1.47. The molecule has 0 radical (unpaired) electrons. The Morgan fingerprint density at radius 2 is 2.12 bits per heavy atom. The molecule has 1 unspecified atom stereocenters. The van der Waals surface area contributed by atoms with Crippen LogP contribution in [0.2, 0.25) is 0 Å². The topological polar surface area (TPSA) is 29.1 Å². The zero-order chi connectivity index (χ0) is 12.1. The molecule has 2 nitrogen and oxygen atoms in total. The number of rotatable bonds is 4. The van der Waals surface area contributed by atoms with Crippen LogP contribution in [0, 0.1) is 11.6 Å². The lowest BCUT2D eigenvalue weighted by Crippen LogP contribution is -2.26. The zero-order valence-corrected chi connectivity index (χ0v) is 9.39. The Labute approximate surface area is 93.7 Å². The average molecular weight is 227 g/mol. The molecule has 4 heteroatoms. The van der Waals surface area contributed by atoms with E-state index in [9.17, 15) is 13.6 Å². The van der Waals surface area contributed by atoms with Crippen LogP contribution in [0.1, 0.15) is 38.3 Å². The fourth-order valence-electron chi connectivity index (χ4n) is 1.47. The van der Waals surface area contributed by atoms with Gasteiger partial charge in [-0.25, -0.2) is 8.78 Å². The molecule has 1 rings (SSSR count). The van der Waals surface area contributed by atoms with Gasteiger partial charge >= 0.3 is 0 Å². The number of halogens is 2. The molecule has 0 aliphatic rings. The van der Waals surface area contributed by atoms with E-state index in [1.54, 1.807) is 6.92 Å². The second-order valence-electron chi connectivity index (χ2n) is 3.71. The van der Waals surface area contributed by atoms with Gasteiger partial charge in [-0.1, -0.05) is 13.0 Å². The molecule has 1 atom stereocenters. The first-order valence-corrected chi connectivity index (χ1v) is 5.29. The molecular weight excluding hydrogens is 212 g/mol. The van der Waals surface area contributed by atoms with Gasteiger partial charge in [0.2, 0.25) is 5.91 Å². The molecule has 1 aromatic rings. The lowest BCUT2D eigenvalue weighted by Gasteiger charge is -2.14. The van der Waals surface area contributed by atoms with Gasteiger partial charge in [0.15, 0.2) is 0 Å². The van der Waals surface area contributed by atoms with Crippen molar-refractivity contribution in [1.82, 2.24) is 5.32 Å². The normalized spacial score (nSPS) is 12.2. The molecule has 16 heavy (non-hydrogen) atoms.